The molecule has 1 aromatic rings. The van der Waals surface area contributed by atoms with Crippen LogP contribution in [0.3, 0.4) is 0 Å². The number of nitrogens with zero attached hydrogens (tertiary/aromatic N) is 1. The summed E-state index contributed by atoms with van der Waals surface area (Å²) in [6, 6.07) is 9.08. The third-order valence-corrected chi connectivity index (χ3v) is 3.52. The Kier molecular flexibility index (Phi) is 3.79. The highest BCUT2D eigenvalue weighted by Gasteiger charge is 2.25. The van der Waals surface area contributed by atoms with E-state index in [4.69, 9.17) is 5.73 Å². The highest BCUT2D eigenvalue weighted by Crippen LogP contribution is 2.20. The molecule has 1 atom stereocenters. The van der Waals surface area contributed by atoms with Crippen LogP contribution in [0.1, 0.15) is 31.4 Å². The van der Waals surface area contributed by atoms with Crippen molar-refractivity contribution in [3.63, 3.8) is 0 Å². The largest absolute Gasteiger partial charge is 0.341 e. The smallest absolute Gasteiger partial charge is 0.244 e. The fourth-order valence-corrected chi connectivity index (χ4v) is 2.23. The van der Waals surface area contributed by atoms with Crippen molar-refractivity contribution < 1.29 is 4.79 Å². The number of rotatable bonds is 2. The van der Waals surface area contributed by atoms with E-state index in [1.165, 1.54) is 0 Å². The summed E-state index contributed by atoms with van der Waals surface area (Å²) < 4.78 is 0. The van der Waals surface area contributed by atoms with Gasteiger partial charge in [-0.1, -0.05) is 37.3 Å². The van der Waals surface area contributed by atoms with E-state index in [0.29, 0.717) is 0 Å². The Balaban J connectivity index is 2.00. The van der Waals surface area contributed by atoms with Crippen LogP contribution in [0.5, 0.6) is 0 Å². The lowest BCUT2D eigenvalue weighted by Gasteiger charge is -2.32. The van der Waals surface area contributed by atoms with E-state index in [9.17, 15) is 4.79 Å². The van der Waals surface area contributed by atoms with Gasteiger partial charge in [-0.3, -0.25) is 4.79 Å². The Bertz CT molecular complexity index is 369. The fraction of sp³-hybridized carbons (Fsp3) is 0.500. The topological polar surface area (TPSA) is 46.3 Å². The normalized spacial score (nSPS) is 19.1. The summed E-state index contributed by atoms with van der Waals surface area (Å²) in [5.74, 6) is 0.787. The molecule has 3 nitrogen and oxygen atoms in total. The molecule has 0 radical (unpaired) electrons. The number of benzene rings is 1. The van der Waals surface area contributed by atoms with Gasteiger partial charge in [-0.05, 0) is 24.3 Å². The Morgan fingerprint density at radius 1 is 1.29 bits per heavy atom. The minimum Gasteiger partial charge on any atom is -0.341 e. The van der Waals surface area contributed by atoms with E-state index in [-0.39, 0.29) is 5.91 Å². The molecular formula is C14H20N2O. The minimum absolute atomic E-state index is 0.0584. The summed E-state index contributed by atoms with van der Waals surface area (Å²) in [4.78, 5) is 14.1. The van der Waals surface area contributed by atoms with Crippen LogP contribution in [-0.4, -0.2) is 23.9 Å². The van der Waals surface area contributed by atoms with Crippen LogP contribution in [0.2, 0.25) is 0 Å². The third-order valence-electron chi connectivity index (χ3n) is 3.52. The summed E-state index contributed by atoms with van der Waals surface area (Å²) in [6.45, 7) is 3.93. The minimum atomic E-state index is -0.510. The first-order valence-electron chi connectivity index (χ1n) is 6.28. The maximum absolute atomic E-state index is 12.2. The summed E-state index contributed by atoms with van der Waals surface area (Å²) >= 11 is 0. The van der Waals surface area contributed by atoms with Crippen molar-refractivity contribution in [3.8, 4) is 0 Å². The molecule has 3 heteroatoms. The van der Waals surface area contributed by atoms with Crippen LogP contribution in [0.25, 0.3) is 0 Å². The number of hydrogen-bond donors (Lipinski definition) is 1. The van der Waals surface area contributed by atoms with Gasteiger partial charge in [0.25, 0.3) is 0 Å². The van der Waals surface area contributed by atoms with Gasteiger partial charge >= 0.3 is 0 Å². The Morgan fingerprint density at radius 3 is 2.47 bits per heavy atom. The van der Waals surface area contributed by atoms with Gasteiger partial charge in [-0.15, -0.1) is 0 Å². The number of carbonyl (C=O) groups is 1. The number of carbonyl (C=O) groups excluding carboxylic acids is 1. The van der Waals surface area contributed by atoms with Crippen molar-refractivity contribution in [1.29, 1.82) is 0 Å². The first-order valence-corrected chi connectivity index (χ1v) is 6.28. The molecule has 1 aliphatic heterocycles. The molecule has 1 saturated heterocycles. The molecule has 0 bridgehead atoms. The van der Waals surface area contributed by atoms with Gasteiger partial charge in [0.1, 0.15) is 6.04 Å². The molecule has 92 valence electrons. The second kappa shape index (κ2) is 5.32. The lowest BCUT2D eigenvalue weighted by atomic mass is 9.98. The van der Waals surface area contributed by atoms with Crippen molar-refractivity contribution in [2.45, 2.75) is 25.8 Å². The zero-order valence-electron chi connectivity index (χ0n) is 10.3. The van der Waals surface area contributed by atoms with Gasteiger partial charge in [0.2, 0.25) is 5.91 Å². The Morgan fingerprint density at radius 2 is 1.88 bits per heavy atom. The van der Waals surface area contributed by atoms with Gasteiger partial charge in [-0.25, -0.2) is 0 Å². The summed E-state index contributed by atoms with van der Waals surface area (Å²) in [5.41, 5.74) is 6.91. The molecule has 0 spiro atoms. The van der Waals surface area contributed by atoms with E-state index in [1.807, 2.05) is 35.2 Å². The van der Waals surface area contributed by atoms with E-state index in [2.05, 4.69) is 6.92 Å². The molecule has 1 heterocycles. The van der Waals surface area contributed by atoms with Gasteiger partial charge < -0.3 is 10.6 Å². The van der Waals surface area contributed by atoms with Crippen molar-refractivity contribution in [2.75, 3.05) is 13.1 Å². The zero-order valence-corrected chi connectivity index (χ0v) is 10.3. The number of amides is 1. The SMILES string of the molecule is CC1CCN(C(=O)[C@@H](N)c2ccccc2)CC1. The molecule has 1 aliphatic rings. The lowest BCUT2D eigenvalue weighted by Crippen LogP contribution is -2.42. The molecule has 2 N–H and O–H groups in total. The number of piperidine rings is 1. The first kappa shape index (κ1) is 12.1. The van der Waals surface area contributed by atoms with Crippen LogP contribution in [0.4, 0.5) is 0 Å². The standard InChI is InChI=1S/C14H20N2O/c1-11-7-9-16(10-8-11)14(17)13(15)12-5-3-2-4-6-12/h2-6,11,13H,7-10,15H2,1H3/t13-/m0/s1. The van der Waals surface area contributed by atoms with Crippen molar-refractivity contribution in [2.24, 2.45) is 11.7 Å². The molecule has 1 aromatic carbocycles. The van der Waals surface area contributed by atoms with E-state index < -0.39 is 6.04 Å². The molecule has 0 unspecified atom stereocenters. The van der Waals surface area contributed by atoms with Gasteiger partial charge in [0.15, 0.2) is 0 Å². The molecule has 17 heavy (non-hydrogen) atoms. The molecular weight excluding hydrogens is 212 g/mol. The summed E-state index contributed by atoms with van der Waals surface area (Å²) in [6.07, 6.45) is 2.18. The number of hydrogen-bond acceptors (Lipinski definition) is 2. The van der Waals surface area contributed by atoms with Crippen LogP contribution in [-0.2, 0) is 4.79 Å². The van der Waals surface area contributed by atoms with Crippen LogP contribution in [0, 0.1) is 5.92 Å². The monoisotopic (exact) mass is 232 g/mol. The maximum atomic E-state index is 12.2. The Labute approximate surface area is 103 Å². The predicted molar refractivity (Wildman–Crippen MR) is 68.3 cm³/mol. The fourth-order valence-electron chi connectivity index (χ4n) is 2.23. The average molecular weight is 232 g/mol. The highest BCUT2D eigenvalue weighted by molar-refractivity contribution is 5.83. The highest BCUT2D eigenvalue weighted by atomic mass is 16.2. The molecule has 2 rings (SSSR count). The number of nitrogens with two attached hydrogens (primary N) is 1. The molecule has 1 fully saturated rings. The van der Waals surface area contributed by atoms with Crippen LogP contribution < -0.4 is 5.73 Å². The maximum Gasteiger partial charge on any atom is 0.244 e. The summed E-state index contributed by atoms with van der Waals surface area (Å²) in [7, 11) is 0. The average Bonchev–Trinajstić information content (AvgIpc) is 2.39. The molecule has 0 aromatic heterocycles. The first-order chi connectivity index (χ1) is 8.18. The predicted octanol–water partition coefficient (Wildman–Crippen LogP) is 1.94. The van der Waals surface area contributed by atoms with Crippen molar-refractivity contribution in [1.82, 2.24) is 4.90 Å². The molecule has 0 aliphatic carbocycles. The molecule has 0 saturated carbocycles. The van der Waals surface area contributed by atoms with Gasteiger partial charge in [-0.2, -0.15) is 0 Å². The van der Waals surface area contributed by atoms with Gasteiger partial charge in [0.05, 0.1) is 0 Å². The molecule has 1 amide bonds. The summed E-state index contributed by atoms with van der Waals surface area (Å²) in [5, 5.41) is 0. The quantitative estimate of drug-likeness (QED) is 0.847. The van der Waals surface area contributed by atoms with E-state index >= 15 is 0 Å². The third kappa shape index (κ3) is 2.86. The lowest BCUT2D eigenvalue weighted by molar-refractivity contribution is -0.134. The second-order valence-electron chi connectivity index (χ2n) is 4.90. The van der Waals surface area contributed by atoms with E-state index in [1.54, 1.807) is 0 Å². The Hall–Kier alpha value is -1.35. The van der Waals surface area contributed by atoms with Gasteiger partial charge in [0, 0.05) is 13.1 Å². The van der Waals surface area contributed by atoms with Crippen molar-refractivity contribution in [3.05, 3.63) is 35.9 Å². The van der Waals surface area contributed by atoms with E-state index in [0.717, 1.165) is 37.4 Å². The second-order valence-corrected chi connectivity index (χ2v) is 4.90. The number of likely N-dealkylation sites (tertiary alicyclic amines) is 1. The zero-order chi connectivity index (χ0) is 12.3. The van der Waals surface area contributed by atoms with Crippen LogP contribution in [0.15, 0.2) is 30.3 Å². The van der Waals surface area contributed by atoms with Crippen LogP contribution >= 0.6 is 0 Å². The van der Waals surface area contributed by atoms with Crippen molar-refractivity contribution >= 4 is 5.91 Å².